The molecule has 0 saturated carbocycles. The minimum atomic E-state index is 0.922. The van der Waals surface area contributed by atoms with Crippen LogP contribution in [-0.4, -0.2) is 18.5 Å². The predicted molar refractivity (Wildman–Crippen MR) is 227 cm³/mol. The summed E-state index contributed by atoms with van der Waals surface area (Å²) in [7, 11) is 0. The lowest BCUT2D eigenvalue weighted by molar-refractivity contribution is 1.10. The topological polar surface area (TPSA) is 27.2 Å². The van der Waals surface area contributed by atoms with E-state index in [4.69, 9.17) is 4.98 Å². The van der Waals surface area contributed by atoms with Gasteiger partial charge in [0.15, 0.2) is 0 Å². The van der Waals surface area contributed by atoms with Crippen LogP contribution in [0.25, 0.3) is 93.7 Å². The van der Waals surface area contributed by atoms with E-state index in [1.165, 1.54) is 59.9 Å². The van der Waals surface area contributed by atoms with Crippen LogP contribution in [0, 0.1) is 0 Å². The number of fused-ring (bicyclic) bond motifs is 13. The van der Waals surface area contributed by atoms with E-state index >= 15 is 0 Å². The number of aromatic nitrogens is 4. The van der Waals surface area contributed by atoms with Gasteiger partial charge < -0.3 is 8.97 Å². The molecule has 0 aliphatic rings. The third-order valence-electron chi connectivity index (χ3n) is 10.2. The Hall–Kier alpha value is -6.65. The Morgan fingerprint density at radius 3 is 1.72 bits per heavy atom. The lowest BCUT2D eigenvalue weighted by Crippen LogP contribution is -2.00. The first kappa shape index (κ1) is 32.3. The molecule has 0 unspecified atom stereocenters. The molecule has 0 aliphatic heterocycles. The van der Waals surface area contributed by atoms with Crippen molar-refractivity contribution in [3.63, 3.8) is 0 Å². The van der Waals surface area contributed by atoms with E-state index in [-0.39, 0.29) is 0 Å². The first-order valence-electron chi connectivity index (χ1n) is 18.7. The van der Waals surface area contributed by atoms with Crippen LogP contribution in [0.15, 0.2) is 170 Å². The molecule has 4 nitrogen and oxygen atoms in total. The highest BCUT2D eigenvalue weighted by Gasteiger charge is 2.21. The highest BCUT2D eigenvalue weighted by Crippen LogP contribution is 2.41. The summed E-state index contributed by atoms with van der Waals surface area (Å²) in [6.07, 6.45) is 0. The molecule has 4 heterocycles. The highest BCUT2D eigenvalue weighted by atomic mass is 15.1. The molecule has 0 aliphatic carbocycles. The van der Waals surface area contributed by atoms with Gasteiger partial charge in [0, 0.05) is 43.9 Å². The summed E-state index contributed by atoms with van der Waals surface area (Å²) in [4.78, 5) is 5.20. The van der Waals surface area contributed by atoms with Crippen molar-refractivity contribution in [2.24, 2.45) is 0 Å². The zero-order valence-corrected chi connectivity index (χ0v) is 30.5. The number of hydrogen-bond donors (Lipinski definition) is 0. The van der Waals surface area contributed by atoms with Gasteiger partial charge in [0.2, 0.25) is 0 Å². The molecule has 0 atom stereocenters. The third kappa shape index (κ3) is 4.87. The fourth-order valence-corrected chi connectivity index (χ4v) is 8.14. The van der Waals surface area contributed by atoms with Crippen LogP contribution < -0.4 is 0 Å². The molecule has 4 aromatic heterocycles. The third-order valence-corrected chi connectivity index (χ3v) is 10.2. The van der Waals surface area contributed by atoms with E-state index in [9.17, 15) is 0 Å². The summed E-state index contributed by atoms with van der Waals surface area (Å²) < 4.78 is 7.22. The molecular weight excluding hydrogens is 645 g/mol. The summed E-state index contributed by atoms with van der Waals surface area (Å²) in [5.74, 6) is 0.922. The second-order valence-electron chi connectivity index (χ2n) is 12.8. The van der Waals surface area contributed by atoms with Crippen molar-refractivity contribution in [1.29, 1.82) is 0 Å². The molecule has 0 bridgehead atoms. The van der Waals surface area contributed by atoms with Crippen molar-refractivity contribution in [2.75, 3.05) is 0 Å². The first-order valence-corrected chi connectivity index (χ1v) is 18.7. The van der Waals surface area contributed by atoms with Gasteiger partial charge in [-0.3, -0.25) is 4.57 Å². The molecular formula is C49H40N4. The quantitative estimate of drug-likeness (QED) is 0.170. The predicted octanol–water partition coefficient (Wildman–Crippen LogP) is 13.6. The molecule has 256 valence electrons. The molecule has 0 saturated heterocycles. The van der Waals surface area contributed by atoms with Crippen LogP contribution in [0.1, 0.15) is 27.7 Å². The van der Waals surface area contributed by atoms with Gasteiger partial charge in [0.25, 0.3) is 0 Å². The van der Waals surface area contributed by atoms with E-state index < -0.39 is 0 Å². The lowest BCUT2D eigenvalue weighted by atomic mass is 10.1. The smallest absolute Gasteiger partial charge is 0.145 e. The lowest BCUT2D eigenvalue weighted by Gasteiger charge is -2.14. The number of imidazole rings is 1. The summed E-state index contributed by atoms with van der Waals surface area (Å²) in [6.45, 7) is 8.00. The van der Waals surface area contributed by atoms with Crippen LogP contribution in [0.5, 0.6) is 0 Å². The second kappa shape index (κ2) is 13.2. The summed E-state index contributed by atoms with van der Waals surface area (Å²) in [6, 6.07) is 61.2. The van der Waals surface area contributed by atoms with Gasteiger partial charge in [-0.2, -0.15) is 0 Å². The van der Waals surface area contributed by atoms with Crippen LogP contribution >= 0.6 is 0 Å². The Morgan fingerprint density at radius 1 is 0.377 bits per heavy atom. The van der Waals surface area contributed by atoms with Gasteiger partial charge in [-0.25, -0.2) is 4.98 Å². The van der Waals surface area contributed by atoms with Crippen LogP contribution in [0.2, 0.25) is 0 Å². The van der Waals surface area contributed by atoms with Gasteiger partial charge in [0.05, 0.1) is 38.6 Å². The number of rotatable bonds is 3. The van der Waals surface area contributed by atoms with E-state index in [1.54, 1.807) is 0 Å². The van der Waals surface area contributed by atoms with Crippen molar-refractivity contribution in [2.45, 2.75) is 27.7 Å². The number of benzene rings is 7. The molecule has 53 heavy (non-hydrogen) atoms. The molecule has 0 N–H and O–H groups in total. The minimum Gasteiger partial charge on any atom is -0.307 e. The van der Waals surface area contributed by atoms with Crippen LogP contribution in [0.4, 0.5) is 0 Å². The molecule has 7 aromatic carbocycles. The van der Waals surface area contributed by atoms with Crippen molar-refractivity contribution in [3.8, 4) is 22.8 Å². The number of hydrogen-bond acceptors (Lipinski definition) is 1. The maximum absolute atomic E-state index is 5.20. The van der Waals surface area contributed by atoms with E-state index in [2.05, 4.69) is 183 Å². The van der Waals surface area contributed by atoms with Crippen LogP contribution in [0.3, 0.4) is 0 Å². The van der Waals surface area contributed by atoms with E-state index in [0.29, 0.717) is 0 Å². The Bertz CT molecular complexity index is 3100. The summed E-state index contributed by atoms with van der Waals surface area (Å²) in [5, 5.41) is 7.49. The van der Waals surface area contributed by atoms with Gasteiger partial charge in [-0.1, -0.05) is 143 Å². The number of nitrogens with zero attached hydrogens (tertiary/aromatic N) is 4. The largest absolute Gasteiger partial charge is 0.307 e. The summed E-state index contributed by atoms with van der Waals surface area (Å²) >= 11 is 0. The SMILES string of the molecule is CC.CC.c1ccc(-n2c(-c3cccc(-n4c5ccccc5c5ccc6cc7c8ccccc8c8ccccc8n7c6c54)c3)nc3ccccc32)cc1. The minimum absolute atomic E-state index is 0.922. The van der Waals surface area contributed by atoms with E-state index in [0.717, 1.165) is 33.8 Å². The molecule has 4 heteroatoms. The monoisotopic (exact) mass is 684 g/mol. The second-order valence-corrected chi connectivity index (χ2v) is 12.8. The molecule has 0 radical (unpaired) electrons. The molecule has 0 spiro atoms. The fraction of sp³-hybridized carbons (Fsp3) is 0.0816. The average Bonchev–Trinajstić information content (AvgIpc) is 3.93. The van der Waals surface area contributed by atoms with Gasteiger partial charge in [0.1, 0.15) is 5.82 Å². The Morgan fingerprint density at radius 2 is 0.962 bits per heavy atom. The van der Waals surface area contributed by atoms with Crippen molar-refractivity contribution in [1.82, 2.24) is 18.5 Å². The maximum atomic E-state index is 5.20. The normalized spacial score (nSPS) is 11.4. The summed E-state index contributed by atoms with van der Waals surface area (Å²) in [5.41, 5.74) is 11.3. The average molecular weight is 685 g/mol. The Balaban J connectivity index is 0.000000902. The van der Waals surface area contributed by atoms with Crippen molar-refractivity contribution < 1.29 is 0 Å². The Labute approximate surface area is 308 Å². The standard InChI is InChI=1S/C45H28N4.2C2H6/c1-2-14-31(15-3-1)48-41-24-11-8-21-38(41)46-45(48)30-13-12-16-32(27-30)47-39-22-9-7-20-36(39)37-26-25-29-28-42-35-19-5-4-17-33(35)34-18-6-10-23-40(34)49(42)43(29)44(37)47;2*1-2/h1-28H;2*1-2H3. The van der Waals surface area contributed by atoms with E-state index in [1.807, 2.05) is 27.7 Å². The van der Waals surface area contributed by atoms with Gasteiger partial charge in [-0.05, 0) is 60.0 Å². The molecule has 11 rings (SSSR count). The fourth-order valence-electron chi connectivity index (χ4n) is 8.14. The zero-order chi connectivity index (χ0) is 36.1. The number of para-hydroxylation sites is 5. The van der Waals surface area contributed by atoms with Crippen molar-refractivity contribution in [3.05, 3.63) is 170 Å². The Kier molecular flexibility index (Phi) is 8.01. The molecule has 0 amide bonds. The van der Waals surface area contributed by atoms with Crippen LogP contribution in [-0.2, 0) is 0 Å². The van der Waals surface area contributed by atoms with Gasteiger partial charge >= 0.3 is 0 Å². The highest BCUT2D eigenvalue weighted by molar-refractivity contribution is 6.22. The molecule has 0 fully saturated rings. The zero-order valence-electron chi connectivity index (χ0n) is 30.5. The maximum Gasteiger partial charge on any atom is 0.145 e. The number of pyridine rings is 1. The first-order chi connectivity index (χ1) is 26.3. The molecule has 11 aromatic rings. The van der Waals surface area contributed by atoms with Crippen molar-refractivity contribution >= 4 is 70.9 Å². The van der Waals surface area contributed by atoms with Gasteiger partial charge in [-0.15, -0.1) is 0 Å².